The Morgan fingerprint density at radius 1 is 1.70 bits per heavy atom. The first-order valence-electron chi connectivity index (χ1n) is 3.10. The van der Waals surface area contributed by atoms with Crippen LogP contribution in [-0.2, 0) is 9.59 Å². The monoisotopic (exact) mass is 144 g/mol. The van der Waals surface area contributed by atoms with Crippen LogP contribution in [0.4, 0.5) is 0 Å². The Hall–Kier alpha value is -0.900. The summed E-state index contributed by atoms with van der Waals surface area (Å²) in [6, 6.07) is -0.388. The van der Waals surface area contributed by atoms with E-state index in [0.717, 1.165) is 0 Å². The molecule has 0 aliphatic heterocycles. The molecule has 0 bridgehead atoms. The van der Waals surface area contributed by atoms with E-state index in [1.54, 1.807) is 14.0 Å². The van der Waals surface area contributed by atoms with Crippen molar-refractivity contribution in [1.29, 1.82) is 0 Å². The van der Waals surface area contributed by atoms with Crippen LogP contribution in [0.3, 0.4) is 0 Å². The van der Waals surface area contributed by atoms with Crippen LogP contribution in [-0.4, -0.2) is 31.8 Å². The zero-order chi connectivity index (χ0) is 7.98. The minimum absolute atomic E-state index is 0.165. The van der Waals surface area contributed by atoms with Crippen LogP contribution in [0, 0.1) is 0 Å². The Morgan fingerprint density at radius 2 is 2.30 bits per heavy atom. The highest BCUT2D eigenvalue weighted by molar-refractivity contribution is 5.81. The van der Waals surface area contributed by atoms with Crippen LogP contribution < -0.4 is 10.6 Å². The van der Waals surface area contributed by atoms with Gasteiger partial charge in [0.1, 0.15) is 6.29 Å². The minimum Gasteiger partial charge on any atom is -0.346 e. The van der Waals surface area contributed by atoms with Crippen LogP contribution in [0.5, 0.6) is 0 Å². The molecule has 0 aliphatic rings. The highest BCUT2D eigenvalue weighted by Crippen LogP contribution is 1.72. The number of nitrogens with one attached hydrogen (secondary N) is 2. The quantitative estimate of drug-likeness (QED) is 0.493. The van der Waals surface area contributed by atoms with Crippen molar-refractivity contribution >= 4 is 12.2 Å². The lowest BCUT2D eigenvalue weighted by atomic mass is 10.4. The van der Waals surface area contributed by atoms with Crippen molar-refractivity contribution in [2.45, 2.75) is 13.0 Å². The van der Waals surface area contributed by atoms with Gasteiger partial charge in [-0.2, -0.15) is 0 Å². The highest BCUT2D eigenvalue weighted by Gasteiger charge is 2.02. The predicted molar refractivity (Wildman–Crippen MR) is 37.6 cm³/mol. The minimum atomic E-state index is -0.388. The molecule has 0 aromatic heterocycles. The van der Waals surface area contributed by atoms with Gasteiger partial charge in [0.15, 0.2) is 0 Å². The fraction of sp³-hybridized carbons (Fsp3) is 0.667. The summed E-state index contributed by atoms with van der Waals surface area (Å²) < 4.78 is 0. The van der Waals surface area contributed by atoms with E-state index < -0.39 is 0 Å². The number of amides is 1. The average molecular weight is 144 g/mol. The van der Waals surface area contributed by atoms with Crippen molar-refractivity contribution in [3.63, 3.8) is 0 Å². The molecule has 0 aromatic rings. The molecule has 0 heterocycles. The van der Waals surface area contributed by atoms with Crippen LogP contribution in [0.1, 0.15) is 6.92 Å². The maximum absolute atomic E-state index is 10.7. The first kappa shape index (κ1) is 9.10. The molecule has 10 heavy (non-hydrogen) atoms. The largest absolute Gasteiger partial charge is 0.346 e. The highest BCUT2D eigenvalue weighted by atomic mass is 16.2. The predicted octanol–water partition coefficient (Wildman–Crippen LogP) is -1.09. The second kappa shape index (κ2) is 4.93. The van der Waals surface area contributed by atoms with Crippen molar-refractivity contribution in [3.8, 4) is 0 Å². The number of hydrogen-bond acceptors (Lipinski definition) is 3. The van der Waals surface area contributed by atoms with Crippen LogP contribution in [0.2, 0.25) is 0 Å². The Kier molecular flexibility index (Phi) is 4.49. The molecular weight excluding hydrogens is 132 g/mol. The van der Waals surface area contributed by atoms with Gasteiger partial charge < -0.3 is 15.4 Å². The summed E-state index contributed by atoms with van der Waals surface area (Å²) in [5, 5.41) is 5.13. The molecule has 0 saturated carbocycles. The van der Waals surface area contributed by atoms with Crippen molar-refractivity contribution in [2.24, 2.45) is 0 Å². The van der Waals surface area contributed by atoms with E-state index in [2.05, 4.69) is 10.6 Å². The molecule has 1 unspecified atom stereocenters. The van der Waals surface area contributed by atoms with Gasteiger partial charge in [0.25, 0.3) is 0 Å². The normalized spacial score (nSPS) is 12.2. The van der Waals surface area contributed by atoms with E-state index in [9.17, 15) is 9.59 Å². The summed E-state index contributed by atoms with van der Waals surface area (Å²) in [4.78, 5) is 20.7. The van der Waals surface area contributed by atoms with Crippen LogP contribution in [0.25, 0.3) is 0 Å². The van der Waals surface area contributed by atoms with Crippen molar-refractivity contribution in [1.82, 2.24) is 10.6 Å². The molecule has 4 heteroatoms. The molecule has 0 aliphatic carbocycles. The lowest BCUT2D eigenvalue weighted by Crippen LogP contribution is -2.38. The van der Waals surface area contributed by atoms with Gasteiger partial charge in [-0.3, -0.25) is 4.79 Å². The number of hydrogen-bond donors (Lipinski definition) is 2. The first-order chi connectivity index (χ1) is 4.70. The molecule has 4 nitrogen and oxygen atoms in total. The third-order valence-electron chi connectivity index (χ3n) is 0.930. The summed E-state index contributed by atoms with van der Waals surface area (Å²) in [6.45, 7) is 1.87. The van der Waals surface area contributed by atoms with E-state index in [1.165, 1.54) is 0 Å². The first-order valence-corrected chi connectivity index (χ1v) is 3.10. The SMILES string of the molecule is CNCC(=O)NC(C)C=O. The van der Waals surface area contributed by atoms with E-state index in [0.29, 0.717) is 6.29 Å². The number of carbonyl (C=O) groups is 2. The van der Waals surface area contributed by atoms with Gasteiger partial charge in [-0.1, -0.05) is 0 Å². The third kappa shape index (κ3) is 4.03. The molecule has 58 valence electrons. The van der Waals surface area contributed by atoms with Gasteiger partial charge in [0, 0.05) is 0 Å². The van der Waals surface area contributed by atoms with Crippen molar-refractivity contribution in [2.75, 3.05) is 13.6 Å². The standard InChI is InChI=1S/C6H12N2O2/c1-5(4-9)8-6(10)3-7-2/h4-5,7H,3H2,1-2H3,(H,8,10). The summed E-state index contributed by atoms with van der Waals surface area (Å²) in [5.74, 6) is -0.165. The molecule has 1 amide bonds. The summed E-state index contributed by atoms with van der Waals surface area (Å²) in [5.41, 5.74) is 0. The molecule has 2 N–H and O–H groups in total. The summed E-state index contributed by atoms with van der Waals surface area (Å²) in [6.07, 6.45) is 0.688. The van der Waals surface area contributed by atoms with Gasteiger partial charge in [-0.15, -0.1) is 0 Å². The lowest BCUT2D eigenvalue weighted by Gasteiger charge is -2.05. The smallest absolute Gasteiger partial charge is 0.234 e. The Bertz CT molecular complexity index is 125. The van der Waals surface area contributed by atoms with Gasteiger partial charge in [0.2, 0.25) is 5.91 Å². The summed E-state index contributed by atoms with van der Waals surface area (Å²) >= 11 is 0. The van der Waals surface area contributed by atoms with Crippen molar-refractivity contribution < 1.29 is 9.59 Å². The molecule has 0 rings (SSSR count). The number of rotatable bonds is 4. The topological polar surface area (TPSA) is 58.2 Å². The Morgan fingerprint density at radius 3 is 2.70 bits per heavy atom. The molecule has 0 saturated heterocycles. The van der Waals surface area contributed by atoms with Crippen molar-refractivity contribution in [3.05, 3.63) is 0 Å². The number of aldehydes is 1. The maximum Gasteiger partial charge on any atom is 0.234 e. The fourth-order valence-corrected chi connectivity index (χ4v) is 0.500. The third-order valence-corrected chi connectivity index (χ3v) is 0.930. The molecule has 0 spiro atoms. The second-order valence-electron chi connectivity index (χ2n) is 2.02. The molecular formula is C6H12N2O2. The maximum atomic E-state index is 10.7. The average Bonchev–Trinajstić information content (AvgIpc) is 1.88. The molecule has 0 aromatic carbocycles. The van der Waals surface area contributed by atoms with Crippen LogP contribution >= 0.6 is 0 Å². The van der Waals surface area contributed by atoms with Gasteiger partial charge >= 0.3 is 0 Å². The zero-order valence-electron chi connectivity index (χ0n) is 6.18. The molecule has 1 atom stereocenters. The number of carbonyl (C=O) groups excluding carboxylic acids is 2. The van der Waals surface area contributed by atoms with E-state index in [1.807, 2.05) is 0 Å². The van der Waals surface area contributed by atoms with Gasteiger partial charge in [-0.25, -0.2) is 0 Å². The van der Waals surface area contributed by atoms with Crippen LogP contribution in [0.15, 0.2) is 0 Å². The number of likely N-dealkylation sites (N-methyl/N-ethyl adjacent to an activating group) is 1. The van der Waals surface area contributed by atoms with E-state index in [-0.39, 0.29) is 18.5 Å². The Balaban J connectivity index is 3.46. The zero-order valence-corrected chi connectivity index (χ0v) is 6.18. The second-order valence-corrected chi connectivity index (χ2v) is 2.02. The molecule has 0 radical (unpaired) electrons. The van der Waals surface area contributed by atoms with Gasteiger partial charge in [-0.05, 0) is 14.0 Å². The van der Waals surface area contributed by atoms with Gasteiger partial charge in [0.05, 0.1) is 12.6 Å². The summed E-state index contributed by atoms with van der Waals surface area (Å²) in [7, 11) is 1.67. The van der Waals surface area contributed by atoms with E-state index in [4.69, 9.17) is 0 Å². The lowest BCUT2D eigenvalue weighted by molar-refractivity contribution is -0.122. The molecule has 0 fully saturated rings. The fourth-order valence-electron chi connectivity index (χ4n) is 0.500. The Labute approximate surface area is 60.0 Å². The van der Waals surface area contributed by atoms with E-state index >= 15 is 0 Å².